The van der Waals surface area contributed by atoms with Gasteiger partial charge in [0.15, 0.2) is 0 Å². The molecule has 3 rings (SSSR count). The Labute approximate surface area is 88.5 Å². The molecule has 1 atom stereocenters. The molecule has 1 N–H and O–H groups in total. The van der Waals surface area contributed by atoms with Crippen molar-refractivity contribution in [2.24, 2.45) is 0 Å². The van der Waals surface area contributed by atoms with E-state index in [1.165, 1.54) is 22.2 Å². The Morgan fingerprint density at radius 2 is 2.20 bits per heavy atom. The van der Waals surface area contributed by atoms with Gasteiger partial charge in [-0.3, -0.25) is 0 Å². The SMILES string of the molecule is N#CC1CCCc2[nH]c3ccccc3c21. The fourth-order valence-corrected chi connectivity index (χ4v) is 2.57. The first-order valence-electron chi connectivity index (χ1n) is 5.39. The number of aromatic nitrogens is 1. The number of nitrogens with one attached hydrogen (secondary N) is 1. The lowest BCUT2D eigenvalue weighted by Crippen LogP contribution is -2.06. The number of nitrogens with zero attached hydrogens (tertiary/aromatic N) is 1. The van der Waals surface area contributed by atoms with Crippen LogP contribution in [0.25, 0.3) is 10.9 Å². The molecular weight excluding hydrogens is 184 g/mol. The van der Waals surface area contributed by atoms with E-state index < -0.39 is 0 Å². The number of hydrogen-bond acceptors (Lipinski definition) is 1. The Balaban J connectivity index is 2.33. The third kappa shape index (κ3) is 1.16. The Hall–Kier alpha value is -1.75. The van der Waals surface area contributed by atoms with Crippen LogP contribution < -0.4 is 0 Å². The molecule has 74 valence electrons. The number of H-pyrrole nitrogens is 1. The first-order chi connectivity index (χ1) is 7.40. The highest BCUT2D eigenvalue weighted by molar-refractivity contribution is 5.85. The topological polar surface area (TPSA) is 39.6 Å². The smallest absolute Gasteiger partial charge is 0.0736 e. The molecule has 2 nitrogen and oxygen atoms in total. The van der Waals surface area contributed by atoms with Crippen molar-refractivity contribution in [3.8, 4) is 6.07 Å². The fraction of sp³-hybridized carbons (Fsp3) is 0.308. The van der Waals surface area contributed by atoms with Crippen LogP contribution in [0.2, 0.25) is 0 Å². The van der Waals surface area contributed by atoms with Crippen molar-refractivity contribution in [3.05, 3.63) is 35.5 Å². The van der Waals surface area contributed by atoms with Gasteiger partial charge < -0.3 is 4.98 Å². The Morgan fingerprint density at radius 3 is 3.07 bits per heavy atom. The summed E-state index contributed by atoms with van der Waals surface area (Å²) in [5.41, 5.74) is 3.69. The molecule has 15 heavy (non-hydrogen) atoms. The minimum atomic E-state index is 0.0879. The van der Waals surface area contributed by atoms with Crippen molar-refractivity contribution >= 4 is 10.9 Å². The van der Waals surface area contributed by atoms with Gasteiger partial charge in [0.2, 0.25) is 0 Å². The normalized spacial score (nSPS) is 19.8. The third-order valence-electron chi connectivity index (χ3n) is 3.25. The van der Waals surface area contributed by atoms with Crippen LogP contribution in [0.1, 0.15) is 30.0 Å². The standard InChI is InChI=1S/C13H12N2/c14-8-9-4-3-7-12-13(9)10-5-1-2-6-11(10)15-12/h1-2,5-6,9,15H,3-4,7H2. The number of para-hydroxylation sites is 1. The van der Waals surface area contributed by atoms with Gasteiger partial charge in [-0.05, 0) is 30.9 Å². The van der Waals surface area contributed by atoms with Crippen molar-refractivity contribution in [2.45, 2.75) is 25.2 Å². The minimum Gasteiger partial charge on any atom is -0.358 e. The summed E-state index contributed by atoms with van der Waals surface area (Å²) in [6, 6.07) is 10.7. The molecule has 1 aliphatic rings. The van der Waals surface area contributed by atoms with Crippen LogP contribution in [0.15, 0.2) is 24.3 Å². The summed E-state index contributed by atoms with van der Waals surface area (Å²) in [7, 11) is 0. The van der Waals surface area contributed by atoms with Crippen LogP contribution in [0, 0.1) is 11.3 Å². The van der Waals surface area contributed by atoms with Crippen molar-refractivity contribution in [2.75, 3.05) is 0 Å². The number of hydrogen-bond donors (Lipinski definition) is 1. The second-order valence-corrected chi connectivity index (χ2v) is 4.14. The zero-order valence-electron chi connectivity index (χ0n) is 8.46. The predicted octanol–water partition coefficient (Wildman–Crippen LogP) is 3.11. The van der Waals surface area contributed by atoms with Crippen LogP contribution in [-0.4, -0.2) is 4.98 Å². The van der Waals surface area contributed by atoms with Gasteiger partial charge in [-0.25, -0.2) is 0 Å². The first-order valence-corrected chi connectivity index (χ1v) is 5.39. The number of benzene rings is 1. The van der Waals surface area contributed by atoms with Gasteiger partial charge in [-0.15, -0.1) is 0 Å². The third-order valence-corrected chi connectivity index (χ3v) is 3.25. The van der Waals surface area contributed by atoms with E-state index in [9.17, 15) is 0 Å². The molecule has 2 heteroatoms. The fourth-order valence-electron chi connectivity index (χ4n) is 2.57. The highest BCUT2D eigenvalue weighted by Crippen LogP contribution is 2.36. The molecule has 0 saturated heterocycles. The maximum Gasteiger partial charge on any atom is 0.0736 e. The lowest BCUT2D eigenvalue weighted by atomic mass is 9.86. The van der Waals surface area contributed by atoms with Gasteiger partial charge in [-0.2, -0.15) is 5.26 Å². The first kappa shape index (κ1) is 8.55. The molecule has 1 aliphatic carbocycles. The van der Waals surface area contributed by atoms with Gasteiger partial charge in [-0.1, -0.05) is 18.2 Å². The summed E-state index contributed by atoms with van der Waals surface area (Å²) in [4.78, 5) is 3.43. The Bertz CT molecular complexity index is 545. The van der Waals surface area contributed by atoms with Crippen molar-refractivity contribution in [1.29, 1.82) is 5.26 Å². The molecule has 1 heterocycles. The minimum absolute atomic E-state index is 0.0879. The van der Waals surface area contributed by atoms with Gasteiger partial charge in [0.1, 0.15) is 0 Å². The van der Waals surface area contributed by atoms with Gasteiger partial charge in [0.05, 0.1) is 12.0 Å². The average Bonchev–Trinajstić information content (AvgIpc) is 2.67. The van der Waals surface area contributed by atoms with Crippen LogP contribution in [-0.2, 0) is 6.42 Å². The molecule has 0 saturated carbocycles. The van der Waals surface area contributed by atoms with Crippen LogP contribution in [0.3, 0.4) is 0 Å². The second-order valence-electron chi connectivity index (χ2n) is 4.14. The van der Waals surface area contributed by atoms with E-state index >= 15 is 0 Å². The summed E-state index contributed by atoms with van der Waals surface area (Å²) in [5, 5.41) is 10.4. The summed E-state index contributed by atoms with van der Waals surface area (Å²) in [6.07, 6.45) is 3.21. The van der Waals surface area contributed by atoms with E-state index in [1.54, 1.807) is 0 Å². The molecule has 2 aromatic rings. The van der Waals surface area contributed by atoms with E-state index in [0.717, 1.165) is 19.3 Å². The Kier molecular flexibility index (Phi) is 1.78. The van der Waals surface area contributed by atoms with Gasteiger partial charge in [0, 0.05) is 16.6 Å². The van der Waals surface area contributed by atoms with E-state index in [4.69, 9.17) is 5.26 Å². The van der Waals surface area contributed by atoms with Crippen molar-refractivity contribution in [3.63, 3.8) is 0 Å². The Morgan fingerprint density at radius 1 is 1.33 bits per heavy atom. The second kappa shape index (κ2) is 3.13. The highest BCUT2D eigenvalue weighted by atomic mass is 14.7. The van der Waals surface area contributed by atoms with E-state index in [-0.39, 0.29) is 5.92 Å². The van der Waals surface area contributed by atoms with Crippen molar-refractivity contribution < 1.29 is 0 Å². The van der Waals surface area contributed by atoms with Crippen LogP contribution in [0.5, 0.6) is 0 Å². The molecule has 0 amide bonds. The van der Waals surface area contributed by atoms with E-state index in [2.05, 4.69) is 23.2 Å². The number of nitriles is 1. The van der Waals surface area contributed by atoms with Gasteiger partial charge >= 0.3 is 0 Å². The number of fused-ring (bicyclic) bond motifs is 3. The molecule has 0 spiro atoms. The number of aromatic amines is 1. The van der Waals surface area contributed by atoms with E-state index in [0.29, 0.717) is 0 Å². The maximum atomic E-state index is 9.15. The molecule has 1 aromatic heterocycles. The van der Waals surface area contributed by atoms with Crippen LogP contribution in [0.4, 0.5) is 0 Å². The maximum absolute atomic E-state index is 9.15. The zero-order valence-corrected chi connectivity index (χ0v) is 8.46. The predicted molar refractivity (Wildman–Crippen MR) is 59.6 cm³/mol. The molecular formula is C13H12N2. The lowest BCUT2D eigenvalue weighted by molar-refractivity contribution is 0.633. The zero-order chi connectivity index (χ0) is 10.3. The van der Waals surface area contributed by atoms with E-state index in [1.807, 2.05) is 12.1 Å². The highest BCUT2D eigenvalue weighted by Gasteiger charge is 2.23. The molecule has 0 fully saturated rings. The summed E-state index contributed by atoms with van der Waals surface area (Å²) < 4.78 is 0. The number of rotatable bonds is 0. The number of aryl methyl sites for hydroxylation is 1. The summed E-state index contributed by atoms with van der Waals surface area (Å²) >= 11 is 0. The van der Waals surface area contributed by atoms with Gasteiger partial charge in [0.25, 0.3) is 0 Å². The monoisotopic (exact) mass is 196 g/mol. The molecule has 1 unspecified atom stereocenters. The van der Waals surface area contributed by atoms with Crippen molar-refractivity contribution in [1.82, 2.24) is 4.98 Å². The summed E-state index contributed by atoms with van der Waals surface area (Å²) in [5.74, 6) is 0.0879. The molecule has 0 aliphatic heterocycles. The average molecular weight is 196 g/mol. The summed E-state index contributed by atoms with van der Waals surface area (Å²) in [6.45, 7) is 0. The molecule has 0 radical (unpaired) electrons. The quantitative estimate of drug-likeness (QED) is 0.690. The molecule has 1 aromatic carbocycles. The van der Waals surface area contributed by atoms with Crippen LogP contribution >= 0.6 is 0 Å². The largest absolute Gasteiger partial charge is 0.358 e. The molecule has 0 bridgehead atoms. The lowest BCUT2D eigenvalue weighted by Gasteiger charge is -2.16.